The summed E-state index contributed by atoms with van der Waals surface area (Å²) in [5.41, 5.74) is 0.502. The maximum atomic E-state index is 12.8. The van der Waals surface area contributed by atoms with Crippen molar-refractivity contribution in [3.63, 3.8) is 0 Å². The van der Waals surface area contributed by atoms with Crippen molar-refractivity contribution in [2.75, 3.05) is 6.54 Å². The van der Waals surface area contributed by atoms with Crippen molar-refractivity contribution in [1.82, 2.24) is 5.32 Å². The zero-order valence-corrected chi connectivity index (χ0v) is 8.84. The van der Waals surface area contributed by atoms with Crippen LogP contribution in [0.2, 0.25) is 0 Å². The van der Waals surface area contributed by atoms with E-state index in [9.17, 15) is 13.6 Å². The molecule has 0 fully saturated rings. The lowest BCUT2D eigenvalue weighted by Crippen LogP contribution is -2.34. The van der Waals surface area contributed by atoms with Gasteiger partial charge in [-0.25, -0.2) is 8.78 Å². The minimum atomic E-state index is -0.953. The second-order valence-corrected chi connectivity index (χ2v) is 3.54. The van der Waals surface area contributed by atoms with Crippen molar-refractivity contribution >= 4 is 5.97 Å². The average molecular weight is 229 g/mol. The highest BCUT2D eigenvalue weighted by Gasteiger charge is 2.09. The highest BCUT2D eigenvalue weighted by molar-refractivity contribution is 5.72. The van der Waals surface area contributed by atoms with Crippen LogP contribution in [0.4, 0.5) is 8.78 Å². The average Bonchev–Trinajstić information content (AvgIpc) is 2.15. The molecular formula is C11H13F2NO2. The van der Waals surface area contributed by atoms with Gasteiger partial charge in [0, 0.05) is 6.07 Å². The Kier molecular flexibility index (Phi) is 4.37. The molecule has 0 saturated heterocycles. The summed E-state index contributed by atoms with van der Waals surface area (Å²) < 4.78 is 25.6. The molecule has 16 heavy (non-hydrogen) atoms. The Hall–Kier alpha value is -1.49. The zero-order chi connectivity index (χ0) is 12.1. The van der Waals surface area contributed by atoms with Crippen LogP contribution in [-0.4, -0.2) is 23.7 Å². The fraction of sp³-hybridized carbons (Fsp3) is 0.364. The van der Waals surface area contributed by atoms with Gasteiger partial charge in [0.25, 0.3) is 0 Å². The van der Waals surface area contributed by atoms with Crippen LogP contribution < -0.4 is 5.32 Å². The molecule has 0 aliphatic carbocycles. The van der Waals surface area contributed by atoms with Crippen molar-refractivity contribution < 1.29 is 18.7 Å². The van der Waals surface area contributed by atoms with Crippen LogP contribution in [0.1, 0.15) is 12.5 Å². The molecule has 88 valence electrons. The Bertz CT molecular complexity index is 362. The second-order valence-electron chi connectivity index (χ2n) is 3.54. The van der Waals surface area contributed by atoms with Crippen LogP contribution in [0.5, 0.6) is 0 Å². The lowest BCUT2D eigenvalue weighted by atomic mass is 10.1. The number of carbonyl (C=O) groups is 1. The number of rotatable bonds is 5. The molecule has 1 rings (SSSR count). The lowest BCUT2D eigenvalue weighted by Gasteiger charge is -2.08. The minimum Gasteiger partial charge on any atom is -0.480 e. The summed E-state index contributed by atoms with van der Waals surface area (Å²) in [5, 5.41) is 11.3. The van der Waals surface area contributed by atoms with Gasteiger partial charge in [-0.15, -0.1) is 0 Å². The van der Waals surface area contributed by atoms with Gasteiger partial charge in [0.05, 0.1) is 0 Å². The van der Waals surface area contributed by atoms with Crippen molar-refractivity contribution in [1.29, 1.82) is 0 Å². The molecule has 0 heterocycles. The Morgan fingerprint density at radius 2 is 1.94 bits per heavy atom. The first kappa shape index (κ1) is 12.6. The molecule has 1 aromatic rings. The highest BCUT2D eigenvalue weighted by Crippen LogP contribution is 2.08. The van der Waals surface area contributed by atoms with Gasteiger partial charge in [-0.1, -0.05) is 0 Å². The van der Waals surface area contributed by atoms with E-state index in [2.05, 4.69) is 5.32 Å². The second kappa shape index (κ2) is 5.55. The Balaban J connectivity index is 2.46. The zero-order valence-electron chi connectivity index (χ0n) is 8.84. The van der Waals surface area contributed by atoms with Crippen LogP contribution >= 0.6 is 0 Å². The predicted molar refractivity (Wildman–Crippen MR) is 55.2 cm³/mol. The normalized spacial score (nSPS) is 12.4. The maximum Gasteiger partial charge on any atom is 0.320 e. The Morgan fingerprint density at radius 3 is 2.44 bits per heavy atom. The number of carboxylic acid groups (broad SMARTS) is 1. The smallest absolute Gasteiger partial charge is 0.320 e. The van der Waals surface area contributed by atoms with Gasteiger partial charge in [0.15, 0.2) is 0 Å². The third kappa shape index (κ3) is 3.94. The summed E-state index contributed by atoms with van der Waals surface area (Å²) in [6.07, 6.45) is 0.381. The molecule has 1 aromatic carbocycles. The molecule has 3 nitrogen and oxygen atoms in total. The summed E-state index contributed by atoms with van der Waals surface area (Å²) in [7, 11) is 0. The molecule has 2 N–H and O–H groups in total. The molecule has 0 bridgehead atoms. The standard InChI is InChI=1S/C11H13F2NO2/c1-7(11(15)16)14-3-2-8-4-9(12)6-10(13)5-8/h4-7,14H,2-3H2,1H3,(H,15,16). The molecule has 0 radical (unpaired) electrons. The predicted octanol–water partition coefficient (Wildman–Crippen LogP) is 1.57. The van der Waals surface area contributed by atoms with E-state index in [0.717, 1.165) is 6.07 Å². The number of hydrogen-bond donors (Lipinski definition) is 2. The first-order chi connectivity index (χ1) is 7.49. The number of aliphatic carboxylic acids is 1. The molecular weight excluding hydrogens is 216 g/mol. The van der Waals surface area contributed by atoms with Gasteiger partial charge in [-0.05, 0) is 37.6 Å². The molecule has 0 aliphatic rings. The third-order valence-corrected chi connectivity index (χ3v) is 2.16. The Labute approximate surface area is 92.1 Å². The summed E-state index contributed by atoms with van der Waals surface area (Å²) in [6.45, 7) is 1.87. The van der Waals surface area contributed by atoms with E-state index in [4.69, 9.17) is 5.11 Å². The van der Waals surface area contributed by atoms with Crippen LogP contribution in [0.15, 0.2) is 18.2 Å². The molecule has 0 aromatic heterocycles. The van der Waals surface area contributed by atoms with Crippen molar-refractivity contribution in [3.05, 3.63) is 35.4 Å². The first-order valence-electron chi connectivity index (χ1n) is 4.90. The summed E-state index contributed by atoms with van der Waals surface area (Å²) in [4.78, 5) is 10.5. The van der Waals surface area contributed by atoms with Gasteiger partial charge in [-0.3, -0.25) is 4.79 Å². The van der Waals surface area contributed by atoms with E-state index in [1.54, 1.807) is 0 Å². The number of nitrogens with one attached hydrogen (secondary N) is 1. The molecule has 5 heteroatoms. The van der Waals surface area contributed by atoms with E-state index < -0.39 is 23.6 Å². The summed E-state index contributed by atoms with van der Waals surface area (Å²) in [5.74, 6) is -2.20. The lowest BCUT2D eigenvalue weighted by molar-refractivity contribution is -0.138. The van der Waals surface area contributed by atoms with Crippen LogP contribution in [0.25, 0.3) is 0 Å². The largest absolute Gasteiger partial charge is 0.480 e. The van der Waals surface area contributed by atoms with Crippen LogP contribution in [0, 0.1) is 11.6 Å². The molecule has 0 amide bonds. The fourth-order valence-electron chi connectivity index (χ4n) is 1.28. The molecule has 1 atom stereocenters. The maximum absolute atomic E-state index is 12.8. The van der Waals surface area contributed by atoms with Gasteiger partial charge >= 0.3 is 5.97 Å². The highest BCUT2D eigenvalue weighted by atomic mass is 19.1. The topological polar surface area (TPSA) is 49.3 Å². The van der Waals surface area contributed by atoms with E-state index in [-0.39, 0.29) is 0 Å². The van der Waals surface area contributed by atoms with E-state index in [1.807, 2.05) is 0 Å². The van der Waals surface area contributed by atoms with Crippen LogP contribution in [0.3, 0.4) is 0 Å². The first-order valence-corrected chi connectivity index (χ1v) is 4.90. The molecule has 0 aliphatic heterocycles. The van der Waals surface area contributed by atoms with Gasteiger partial charge in [0.2, 0.25) is 0 Å². The van der Waals surface area contributed by atoms with E-state index in [0.29, 0.717) is 18.5 Å². The summed E-state index contributed by atoms with van der Waals surface area (Å²) >= 11 is 0. The molecule has 1 unspecified atom stereocenters. The SMILES string of the molecule is CC(NCCc1cc(F)cc(F)c1)C(=O)O. The summed E-state index contributed by atoms with van der Waals surface area (Å²) in [6, 6.07) is 2.60. The number of benzene rings is 1. The quantitative estimate of drug-likeness (QED) is 0.805. The molecule has 0 saturated carbocycles. The Morgan fingerprint density at radius 1 is 1.38 bits per heavy atom. The third-order valence-electron chi connectivity index (χ3n) is 2.16. The monoisotopic (exact) mass is 229 g/mol. The van der Waals surface area contributed by atoms with Crippen molar-refractivity contribution in [2.24, 2.45) is 0 Å². The van der Waals surface area contributed by atoms with Crippen LogP contribution in [-0.2, 0) is 11.2 Å². The van der Waals surface area contributed by atoms with Crippen molar-refractivity contribution in [2.45, 2.75) is 19.4 Å². The van der Waals surface area contributed by atoms with E-state index in [1.165, 1.54) is 19.1 Å². The van der Waals surface area contributed by atoms with Gasteiger partial charge in [-0.2, -0.15) is 0 Å². The molecule has 0 spiro atoms. The van der Waals surface area contributed by atoms with E-state index >= 15 is 0 Å². The minimum absolute atomic E-state index is 0.358. The number of halogens is 2. The van der Waals surface area contributed by atoms with Crippen molar-refractivity contribution in [3.8, 4) is 0 Å². The van der Waals surface area contributed by atoms with Gasteiger partial charge in [0.1, 0.15) is 17.7 Å². The van der Waals surface area contributed by atoms with Gasteiger partial charge < -0.3 is 10.4 Å². The fourth-order valence-corrected chi connectivity index (χ4v) is 1.28. The number of carboxylic acids is 1. The number of hydrogen-bond acceptors (Lipinski definition) is 2.